The van der Waals surface area contributed by atoms with Gasteiger partial charge >= 0.3 is 0 Å². The predicted octanol–water partition coefficient (Wildman–Crippen LogP) is 7.22. The first-order valence-electron chi connectivity index (χ1n) is 13.7. The molecule has 0 N–H and O–H groups in total. The van der Waals surface area contributed by atoms with E-state index in [4.69, 9.17) is 4.74 Å². The molecule has 2 bridgehead atoms. The average molecular weight is 439 g/mol. The smallest absolute Gasteiger partial charge is 0.138 e. The van der Waals surface area contributed by atoms with Crippen molar-refractivity contribution in [3.63, 3.8) is 0 Å². The fourth-order valence-corrected chi connectivity index (χ4v) is 11.4. The molecule has 6 aliphatic rings. The van der Waals surface area contributed by atoms with E-state index < -0.39 is 0 Å². The lowest BCUT2D eigenvalue weighted by molar-refractivity contribution is -0.236. The molecule has 1 aliphatic heterocycles. The van der Waals surface area contributed by atoms with Crippen molar-refractivity contribution in [3.8, 4) is 0 Å². The van der Waals surface area contributed by atoms with Crippen molar-refractivity contribution in [2.75, 3.05) is 6.61 Å². The molecular weight excluding hydrogens is 392 g/mol. The van der Waals surface area contributed by atoms with Gasteiger partial charge in [-0.15, -0.1) is 0 Å². The number of Topliss-reactive ketones (excluding diaryl/α,β-unsaturated/α-hetero) is 1. The molecular formula is C30H46O2. The number of carbonyl (C=O) groups is 1. The molecule has 0 unspecified atom stereocenters. The molecule has 4 saturated carbocycles. The van der Waals surface area contributed by atoms with Crippen LogP contribution in [0.15, 0.2) is 12.2 Å². The number of fused-ring (bicyclic) bond motifs is 4. The van der Waals surface area contributed by atoms with Crippen molar-refractivity contribution in [1.29, 1.82) is 0 Å². The SMILES string of the molecule is C[C@H]1[C@H](C)CC[C@@]23CC[C@@]4(C)[C@]5(C)CC[C@H]6C(C)(C)C(=O)CC[C@]6(C)[C@H]5C=C[C@@]4(OC2)[C@H]13. The van der Waals surface area contributed by atoms with Crippen LogP contribution in [0.25, 0.3) is 0 Å². The van der Waals surface area contributed by atoms with Crippen LogP contribution in [0.5, 0.6) is 0 Å². The molecule has 0 amide bonds. The molecule has 32 heavy (non-hydrogen) atoms. The Morgan fingerprint density at radius 2 is 1.69 bits per heavy atom. The Bertz CT molecular complexity index is 887. The van der Waals surface area contributed by atoms with Gasteiger partial charge < -0.3 is 4.74 Å². The molecule has 1 spiro atoms. The highest BCUT2D eigenvalue weighted by Gasteiger charge is 2.77. The summed E-state index contributed by atoms with van der Waals surface area (Å²) in [6, 6.07) is 0. The summed E-state index contributed by atoms with van der Waals surface area (Å²) >= 11 is 0. The van der Waals surface area contributed by atoms with Crippen LogP contribution in [0.1, 0.15) is 99.8 Å². The molecule has 0 aromatic heterocycles. The normalized spacial score (nSPS) is 60.2. The Hall–Kier alpha value is -0.630. The Morgan fingerprint density at radius 3 is 2.44 bits per heavy atom. The third-order valence-electron chi connectivity index (χ3n) is 13.6. The van der Waals surface area contributed by atoms with Gasteiger partial charge in [0.1, 0.15) is 5.78 Å². The van der Waals surface area contributed by atoms with Crippen LogP contribution in [-0.4, -0.2) is 18.0 Å². The number of ether oxygens (including phenoxy) is 1. The molecule has 0 radical (unpaired) electrons. The average Bonchev–Trinajstić information content (AvgIpc) is 3.00. The van der Waals surface area contributed by atoms with Gasteiger partial charge in [-0.3, -0.25) is 4.79 Å². The first kappa shape index (κ1) is 21.9. The molecule has 5 aliphatic carbocycles. The molecule has 2 nitrogen and oxygen atoms in total. The molecule has 6 rings (SSSR count). The monoisotopic (exact) mass is 438 g/mol. The maximum atomic E-state index is 12.9. The van der Waals surface area contributed by atoms with Crippen LogP contribution in [0.2, 0.25) is 0 Å². The van der Waals surface area contributed by atoms with E-state index in [0.29, 0.717) is 29.0 Å². The largest absolute Gasteiger partial charge is 0.369 e. The van der Waals surface area contributed by atoms with Gasteiger partial charge in [-0.25, -0.2) is 0 Å². The maximum Gasteiger partial charge on any atom is 0.138 e. The van der Waals surface area contributed by atoms with Crippen molar-refractivity contribution in [1.82, 2.24) is 0 Å². The summed E-state index contributed by atoms with van der Waals surface area (Å²) in [5, 5.41) is 0. The van der Waals surface area contributed by atoms with Crippen LogP contribution in [0.4, 0.5) is 0 Å². The lowest BCUT2D eigenvalue weighted by Crippen LogP contribution is -2.70. The summed E-state index contributed by atoms with van der Waals surface area (Å²) in [6.07, 6.45) is 14.9. The number of ketones is 1. The number of carbonyl (C=O) groups excluding carboxylic acids is 1. The summed E-state index contributed by atoms with van der Waals surface area (Å²) < 4.78 is 7.13. The lowest BCUT2D eigenvalue weighted by atomic mass is 9.32. The highest BCUT2D eigenvalue weighted by molar-refractivity contribution is 5.85. The molecule has 5 fully saturated rings. The van der Waals surface area contributed by atoms with Crippen molar-refractivity contribution in [2.45, 2.75) is 105 Å². The minimum Gasteiger partial charge on any atom is -0.369 e. The van der Waals surface area contributed by atoms with Crippen LogP contribution in [0.3, 0.4) is 0 Å². The first-order valence-corrected chi connectivity index (χ1v) is 13.7. The second-order valence-electron chi connectivity index (χ2n) is 14.6. The molecule has 0 aromatic rings. The Kier molecular flexibility index (Phi) is 4.19. The Labute approximate surface area is 196 Å². The molecule has 2 heteroatoms. The zero-order valence-corrected chi connectivity index (χ0v) is 21.7. The van der Waals surface area contributed by atoms with Crippen LogP contribution in [-0.2, 0) is 9.53 Å². The zero-order chi connectivity index (χ0) is 22.9. The quantitative estimate of drug-likeness (QED) is 0.373. The van der Waals surface area contributed by atoms with E-state index in [9.17, 15) is 4.79 Å². The van der Waals surface area contributed by atoms with Crippen LogP contribution < -0.4 is 0 Å². The van der Waals surface area contributed by atoms with Gasteiger partial charge in [0.05, 0.1) is 12.2 Å². The van der Waals surface area contributed by atoms with Gasteiger partial charge in [0.15, 0.2) is 0 Å². The van der Waals surface area contributed by atoms with Crippen molar-refractivity contribution >= 4 is 5.78 Å². The molecule has 178 valence electrons. The van der Waals surface area contributed by atoms with Gasteiger partial charge in [0.25, 0.3) is 0 Å². The fourth-order valence-electron chi connectivity index (χ4n) is 11.4. The first-order chi connectivity index (χ1) is 14.9. The van der Waals surface area contributed by atoms with Crippen molar-refractivity contribution in [3.05, 3.63) is 12.2 Å². The third kappa shape index (κ3) is 2.13. The van der Waals surface area contributed by atoms with E-state index >= 15 is 0 Å². The number of rotatable bonds is 0. The van der Waals surface area contributed by atoms with Gasteiger partial charge in [0.2, 0.25) is 0 Å². The summed E-state index contributed by atoms with van der Waals surface area (Å²) in [6.45, 7) is 18.3. The number of hydrogen-bond acceptors (Lipinski definition) is 2. The highest BCUT2D eigenvalue weighted by atomic mass is 16.5. The van der Waals surface area contributed by atoms with E-state index in [-0.39, 0.29) is 27.3 Å². The molecule has 10 atom stereocenters. The highest BCUT2D eigenvalue weighted by Crippen LogP contribution is 2.78. The number of hydrogen-bond donors (Lipinski definition) is 0. The van der Waals surface area contributed by atoms with Gasteiger partial charge in [-0.05, 0) is 84.9 Å². The van der Waals surface area contributed by atoms with E-state index in [0.717, 1.165) is 31.3 Å². The lowest BCUT2D eigenvalue weighted by Gasteiger charge is -2.72. The Balaban J connectivity index is 1.50. The molecule has 1 saturated heterocycles. The fraction of sp³-hybridized carbons (Fsp3) is 0.900. The third-order valence-corrected chi connectivity index (χ3v) is 13.6. The van der Waals surface area contributed by atoms with Crippen molar-refractivity contribution < 1.29 is 9.53 Å². The van der Waals surface area contributed by atoms with Crippen molar-refractivity contribution in [2.24, 2.45) is 56.7 Å². The zero-order valence-electron chi connectivity index (χ0n) is 21.7. The standard InChI is InChI=1S/C30H46O2/c1-19-8-14-29-17-16-28(7)27(6)13-9-21-25(3,4)23(31)11-12-26(21,5)22(27)10-15-30(28,32-18-29)24(29)20(19)2/h10,15,19-22,24H,8-9,11-14,16-18H2,1-7H3/t19-,20+,21+,22-,24-,26+,27-,28+,29-,30-/m1/s1. The topological polar surface area (TPSA) is 26.3 Å². The molecule has 0 aromatic carbocycles. The van der Waals surface area contributed by atoms with E-state index in [1.165, 1.54) is 38.5 Å². The second-order valence-corrected chi connectivity index (χ2v) is 14.6. The van der Waals surface area contributed by atoms with E-state index in [1.54, 1.807) is 0 Å². The molecule has 1 heterocycles. The second kappa shape index (κ2) is 6.13. The summed E-state index contributed by atoms with van der Waals surface area (Å²) in [5.74, 6) is 3.74. The van der Waals surface area contributed by atoms with Gasteiger partial charge in [-0.1, -0.05) is 60.6 Å². The Morgan fingerprint density at radius 1 is 0.938 bits per heavy atom. The summed E-state index contributed by atoms with van der Waals surface area (Å²) in [4.78, 5) is 12.9. The number of allylic oxidation sites excluding steroid dienone is 1. The van der Waals surface area contributed by atoms with Crippen LogP contribution in [0, 0.1) is 56.7 Å². The van der Waals surface area contributed by atoms with Crippen LogP contribution >= 0.6 is 0 Å². The minimum absolute atomic E-state index is 0.0895. The summed E-state index contributed by atoms with van der Waals surface area (Å²) in [5.41, 5.74) is 0.768. The van der Waals surface area contributed by atoms with Gasteiger partial charge in [0, 0.05) is 23.2 Å². The van der Waals surface area contributed by atoms with E-state index in [1.807, 2.05) is 0 Å². The minimum atomic E-state index is -0.183. The summed E-state index contributed by atoms with van der Waals surface area (Å²) in [7, 11) is 0. The van der Waals surface area contributed by atoms with E-state index in [2.05, 4.69) is 60.6 Å². The van der Waals surface area contributed by atoms with Gasteiger partial charge in [-0.2, -0.15) is 0 Å². The maximum absolute atomic E-state index is 12.9. The predicted molar refractivity (Wildman–Crippen MR) is 129 cm³/mol.